The van der Waals surface area contributed by atoms with E-state index in [2.05, 4.69) is 17.6 Å². The van der Waals surface area contributed by atoms with Gasteiger partial charge in [0.15, 0.2) is 0 Å². The van der Waals surface area contributed by atoms with Crippen molar-refractivity contribution in [3.05, 3.63) is 0 Å². The van der Waals surface area contributed by atoms with Gasteiger partial charge in [0.1, 0.15) is 0 Å². The van der Waals surface area contributed by atoms with E-state index in [9.17, 15) is 0 Å². The highest BCUT2D eigenvalue weighted by Gasteiger charge is 2.05. The molecule has 1 unspecified atom stereocenters. The van der Waals surface area contributed by atoms with E-state index in [1.807, 2.05) is 0 Å². The largest absolute Gasteiger partial charge is 0.412 e. The third-order valence-electron chi connectivity index (χ3n) is 2.10. The molecular formula is C9H22AlO3. The summed E-state index contributed by atoms with van der Waals surface area (Å²) in [7, 11) is 0. The molecule has 3 nitrogen and oxygen atoms in total. The third-order valence-corrected chi connectivity index (χ3v) is 3.30. The maximum atomic E-state index is 8.45. The van der Waals surface area contributed by atoms with E-state index in [0.29, 0.717) is 0 Å². The van der Waals surface area contributed by atoms with Crippen LogP contribution in [0, 0.1) is 0 Å². The van der Waals surface area contributed by atoms with Gasteiger partial charge in [-0.15, -0.1) is 5.79 Å². The SMILES string of the molecule is CCCCCCC[CH](OO)[Al][CH3].O. The predicted octanol–water partition coefficient (Wildman–Crippen LogP) is 2.09. The van der Waals surface area contributed by atoms with Gasteiger partial charge in [0, 0.05) is 4.97 Å². The maximum Gasteiger partial charge on any atom is 0.250 e. The molecule has 0 aliphatic heterocycles. The second-order valence-corrected chi connectivity index (χ2v) is 4.59. The van der Waals surface area contributed by atoms with E-state index >= 15 is 0 Å². The van der Waals surface area contributed by atoms with Gasteiger partial charge in [0.25, 0.3) is 0 Å². The second kappa shape index (κ2) is 12.4. The van der Waals surface area contributed by atoms with E-state index in [1.165, 1.54) is 32.1 Å². The van der Waals surface area contributed by atoms with Crippen LogP contribution in [0.5, 0.6) is 0 Å². The van der Waals surface area contributed by atoms with E-state index in [0.717, 1.165) is 6.42 Å². The first kappa shape index (κ1) is 15.9. The van der Waals surface area contributed by atoms with Crippen molar-refractivity contribution in [2.45, 2.75) is 56.2 Å². The van der Waals surface area contributed by atoms with Gasteiger partial charge < -0.3 is 5.48 Å². The standard InChI is InChI=1S/C8H17O2.CH3.Al.H2O/c1-2-3-4-5-6-7-8-10-9;;;/h8-9H,2-7H2,1H3;1H3;;1H2. The van der Waals surface area contributed by atoms with Gasteiger partial charge in [-0.05, 0) is 6.42 Å². The van der Waals surface area contributed by atoms with Crippen LogP contribution in [-0.2, 0) is 4.89 Å². The molecule has 0 aliphatic rings. The summed E-state index contributed by atoms with van der Waals surface area (Å²) in [5, 5.41) is 8.45. The zero-order valence-corrected chi connectivity index (χ0v) is 9.91. The highest BCUT2D eigenvalue weighted by molar-refractivity contribution is 6.35. The van der Waals surface area contributed by atoms with Gasteiger partial charge in [-0.3, -0.25) is 10.1 Å². The summed E-state index contributed by atoms with van der Waals surface area (Å²) in [6, 6.07) is 0. The lowest BCUT2D eigenvalue weighted by Gasteiger charge is -2.09. The molecule has 0 saturated carbocycles. The van der Waals surface area contributed by atoms with Crippen LogP contribution in [0.15, 0.2) is 0 Å². The minimum absolute atomic E-state index is 0. The smallest absolute Gasteiger partial charge is 0.250 e. The third kappa shape index (κ3) is 10.3. The Morgan fingerprint density at radius 1 is 1.23 bits per heavy atom. The molecule has 0 rings (SSSR count). The molecule has 0 saturated heterocycles. The first-order valence-corrected chi connectivity index (χ1v) is 6.77. The molecule has 0 spiro atoms. The van der Waals surface area contributed by atoms with Gasteiger partial charge in [0.05, 0.1) is 0 Å². The Morgan fingerprint density at radius 3 is 2.31 bits per heavy atom. The Balaban J connectivity index is 0. The van der Waals surface area contributed by atoms with Gasteiger partial charge in [-0.25, -0.2) is 0 Å². The predicted molar refractivity (Wildman–Crippen MR) is 56.1 cm³/mol. The summed E-state index contributed by atoms with van der Waals surface area (Å²) in [5.74, 6) is 2.12. The van der Waals surface area contributed by atoms with E-state index in [1.54, 1.807) is 0 Å². The first-order chi connectivity index (χ1) is 5.85. The Kier molecular flexibility index (Phi) is 15.1. The van der Waals surface area contributed by atoms with Crippen LogP contribution in [0.3, 0.4) is 0 Å². The zero-order chi connectivity index (χ0) is 9.23. The van der Waals surface area contributed by atoms with Crippen LogP contribution < -0.4 is 0 Å². The molecule has 13 heavy (non-hydrogen) atoms. The average Bonchev–Trinajstić information content (AvgIpc) is 2.11. The molecule has 0 aromatic heterocycles. The fraction of sp³-hybridized carbons (Fsp3) is 1.00. The van der Waals surface area contributed by atoms with Crippen LogP contribution >= 0.6 is 0 Å². The molecule has 0 aromatic carbocycles. The molecule has 0 aromatic rings. The van der Waals surface area contributed by atoms with Crippen LogP contribution in [0.4, 0.5) is 0 Å². The quantitative estimate of drug-likeness (QED) is 0.285. The Bertz CT molecular complexity index is 86.9. The number of rotatable bonds is 8. The molecular weight excluding hydrogens is 183 g/mol. The average molecular weight is 205 g/mol. The van der Waals surface area contributed by atoms with Gasteiger partial charge >= 0.3 is 0 Å². The lowest BCUT2D eigenvalue weighted by molar-refractivity contribution is -0.258. The Hall–Kier alpha value is 0.412. The molecule has 0 bridgehead atoms. The van der Waals surface area contributed by atoms with E-state index in [-0.39, 0.29) is 25.7 Å². The van der Waals surface area contributed by atoms with Crippen molar-refractivity contribution < 1.29 is 15.6 Å². The van der Waals surface area contributed by atoms with Crippen molar-refractivity contribution >= 4 is 15.2 Å². The first-order valence-electron chi connectivity index (χ1n) is 4.94. The minimum Gasteiger partial charge on any atom is -0.412 e. The van der Waals surface area contributed by atoms with Crippen LogP contribution in [-0.4, -0.2) is 30.9 Å². The summed E-state index contributed by atoms with van der Waals surface area (Å²) < 4.78 is 0. The topological polar surface area (TPSA) is 61.0 Å². The van der Waals surface area contributed by atoms with Crippen molar-refractivity contribution in [3.8, 4) is 0 Å². The number of unbranched alkanes of at least 4 members (excludes halogenated alkanes) is 4. The molecule has 0 aliphatic carbocycles. The number of hydrogen-bond donors (Lipinski definition) is 1. The molecule has 0 amide bonds. The molecule has 1 radical (unpaired) electrons. The Labute approximate surface area is 87.4 Å². The normalized spacial score (nSPS) is 11.9. The monoisotopic (exact) mass is 205 g/mol. The highest BCUT2D eigenvalue weighted by atomic mass is 27.1. The zero-order valence-electron chi connectivity index (χ0n) is 8.75. The molecule has 0 fully saturated rings. The molecule has 1 atom stereocenters. The highest BCUT2D eigenvalue weighted by Crippen LogP contribution is 2.08. The molecule has 4 heteroatoms. The maximum absolute atomic E-state index is 8.45. The van der Waals surface area contributed by atoms with Crippen LogP contribution in [0.2, 0.25) is 5.79 Å². The van der Waals surface area contributed by atoms with Crippen molar-refractivity contribution in [3.63, 3.8) is 0 Å². The summed E-state index contributed by atoms with van der Waals surface area (Å²) in [6.07, 6.45) is 7.47. The van der Waals surface area contributed by atoms with Gasteiger partial charge in [0.2, 0.25) is 15.2 Å². The minimum atomic E-state index is 0. The lowest BCUT2D eigenvalue weighted by Crippen LogP contribution is -2.16. The van der Waals surface area contributed by atoms with Gasteiger partial charge in [-0.1, -0.05) is 39.0 Å². The van der Waals surface area contributed by atoms with Gasteiger partial charge in [-0.2, -0.15) is 0 Å². The van der Waals surface area contributed by atoms with Crippen LogP contribution in [0.25, 0.3) is 0 Å². The summed E-state index contributed by atoms with van der Waals surface area (Å²) in [5.41, 5.74) is 0. The second-order valence-electron chi connectivity index (χ2n) is 3.18. The van der Waals surface area contributed by atoms with E-state index < -0.39 is 0 Å². The summed E-state index contributed by atoms with van der Waals surface area (Å²) >= 11 is 0.253. The fourth-order valence-corrected chi connectivity index (χ4v) is 1.92. The fourth-order valence-electron chi connectivity index (χ4n) is 1.23. The van der Waals surface area contributed by atoms with Crippen molar-refractivity contribution in [2.24, 2.45) is 0 Å². The summed E-state index contributed by atoms with van der Waals surface area (Å²) in [4.78, 5) is 4.49. The summed E-state index contributed by atoms with van der Waals surface area (Å²) in [6.45, 7) is 2.22. The van der Waals surface area contributed by atoms with Crippen LogP contribution in [0.1, 0.15) is 45.4 Å². The molecule has 3 N–H and O–H groups in total. The molecule has 79 valence electrons. The number of hydrogen-bond acceptors (Lipinski definition) is 2. The van der Waals surface area contributed by atoms with Crippen molar-refractivity contribution in [1.82, 2.24) is 0 Å². The van der Waals surface area contributed by atoms with Crippen molar-refractivity contribution in [2.75, 3.05) is 0 Å². The van der Waals surface area contributed by atoms with E-state index in [4.69, 9.17) is 5.26 Å². The van der Waals surface area contributed by atoms with Crippen molar-refractivity contribution in [1.29, 1.82) is 0 Å². The molecule has 0 heterocycles. The lowest BCUT2D eigenvalue weighted by atomic mass is 10.1. The Morgan fingerprint density at radius 2 is 1.85 bits per heavy atom.